The van der Waals surface area contributed by atoms with Crippen LogP contribution in [0.25, 0.3) is 16.8 Å². The summed E-state index contributed by atoms with van der Waals surface area (Å²) in [7, 11) is 2.00. The normalized spacial score (nSPS) is 16.3. The number of rotatable bonds is 5. The van der Waals surface area contributed by atoms with Gasteiger partial charge in [-0.2, -0.15) is 0 Å². The number of imidazole rings is 1. The molecule has 0 radical (unpaired) electrons. The second-order valence-corrected chi connectivity index (χ2v) is 8.71. The molecule has 0 aliphatic carbocycles. The highest BCUT2D eigenvalue weighted by Gasteiger charge is 2.26. The number of esters is 1. The lowest BCUT2D eigenvalue weighted by Crippen LogP contribution is -2.33. The molecular formula is C24H32N4O2. The van der Waals surface area contributed by atoms with Crippen molar-refractivity contribution < 1.29 is 9.53 Å². The summed E-state index contributed by atoms with van der Waals surface area (Å²) in [6.07, 6.45) is 9.47. The van der Waals surface area contributed by atoms with Crippen LogP contribution in [0.5, 0.6) is 0 Å². The third kappa shape index (κ3) is 3.76. The molecule has 0 saturated carbocycles. The molecule has 0 N–H and O–H groups in total. The van der Waals surface area contributed by atoms with Crippen molar-refractivity contribution in [1.29, 1.82) is 0 Å². The van der Waals surface area contributed by atoms with E-state index in [4.69, 9.17) is 4.74 Å². The van der Waals surface area contributed by atoms with Crippen molar-refractivity contribution in [3.63, 3.8) is 0 Å². The molecule has 4 heterocycles. The van der Waals surface area contributed by atoms with Crippen molar-refractivity contribution >= 4 is 11.5 Å². The van der Waals surface area contributed by atoms with Crippen molar-refractivity contribution in [2.45, 2.75) is 59.1 Å². The molecule has 0 bridgehead atoms. The maximum atomic E-state index is 12.9. The van der Waals surface area contributed by atoms with Gasteiger partial charge in [0.15, 0.2) is 0 Å². The first-order valence-electron chi connectivity index (χ1n) is 10.9. The molecule has 30 heavy (non-hydrogen) atoms. The van der Waals surface area contributed by atoms with Gasteiger partial charge in [-0.25, -0.2) is 9.78 Å². The highest BCUT2D eigenvalue weighted by Crippen LogP contribution is 2.33. The molecule has 1 fully saturated rings. The highest BCUT2D eigenvalue weighted by atomic mass is 16.5. The number of aromatic nitrogens is 3. The van der Waals surface area contributed by atoms with E-state index in [1.54, 1.807) is 0 Å². The second-order valence-electron chi connectivity index (χ2n) is 8.71. The third-order valence-corrected chi connectivity index (χ3v) is 6.20. The predicted octanol–water partition coefficient (Wildman–Crippen LogP) is 4.76. The SMILES string of the molecule is Cc1c(C(=O)OC(C)C)cc2cc(-c3cncn3C)cn2c1C(C)N1CCCCC1. The van der Waals surface area contributed by atoms with E-state index < -0.39 is 0 Å². The maximum Gasteiger partial charge on any atom is 0.338 e. The number of likely N-dealkylation sites (tertiary alicyclic amines) is 1. The van der Waals surface area contributed by atoms with Crippen LogP contribution in [-0.4, -0.2) is 44.0 Å². The lowest BCUT2D eigenvalue weighted by Gasteiger charge is -2.34. The van der Waals surface area contributed by atoms with Crippen LogP contribution in [0.15, 0.2) is 30.9 Å². The van der Waals surface area contributed by atoms with Crippen LogP contribution in [0.2, 0.25) is 0 Å². The summed E-state index contributed by atoms with van der Waals surface area (Å²) in [5.41, 5.74) is 5.98. The summed E-state index contributed by atoms with van der Waals surface area (Å²) >= 11 is 0. The van der Waals surface area contributed by atoms with E-state index in [0.29, 0.717) is 5.56 Å². The predicted molar refractivity (Wildman–Crippen MR) is 119 cm³/mol. The summed E-state index contributed by atoms with van der Waals surface area (Å²) in [6.45, 7) is 10.3. The van der Waals surface area contributed by atoms with E-state index in [1.807, 2.05) is 44.1 Å². The molecular weight excluding hydrogens is 376 g/mol. The quantitative estimate of drug-likeness (QED) is 0.571. The number of piperidine rings is 1. The van der Waals surface area contributed by atoms with Crippen molar-refractivity contribution in [3.05, 3.63) is 47.7 Å². The summed E-state index contributed by atoms with van der Waals surface area (Å²) < 4.78 is 9.84. The number of fused-ring (bicyclic) bond motifs is 1. The number of hydrogen-bond donors (Lipinski definition) is 0. The van der Waals surface area contributed by atoms with Gasteiger partial charge in [-0.1, -0.05) is 6.42 Å². The topological polar surface area (TPSA) is 51.8 Å². The number of ether oxygens (including phenoxy) is 1. The molecule has 3 aromatic rings. The molecule has 6 heteroatoms. The molecule has 3 aromatic heterocycles. The lowest BCUT2D eigenvalue weighted by atomic mass is 9.99. The van der Waals surface area contributed by atoms with E-state index >= 15 is 0 Å². The molecule has 0 spiro atoms. The highest BCUT2D eigenvalue weighted by molar-refractivity contribution is 5.93. The summed E-state index contributed by atoms with van der Waals surface area (Å²) in [4.78, 5) is 19.7. The Morgan fingerprint density at radius 1 is 1.13 bits per heavy atom. The van der Waals surface area contributed by atoms with Crippen molar-refractivity contribution in [1.82, 2.24) is 18.9 Å². The van der Waals surface area contributed by atoms with Gasteiger partial charge in [-0.15, -0.1) is 0 Å². The monoisotopic (exact) mass is 408 g/mol. The first kappa shape index (κ1) is 20.7. The van der Waals surface area contributed by atoms with E-state index in [0.717, 1.165) is 35.4 Å². The molecule has 1 aliphatic heterocycles. The fourth-order valence-electron chi connectivity index (χ4n) is 4.63. The van der Waals surface area contributed by atoms with Crippen LogP contribution in [0.4, 0.5) is 0 Å². The van der Waals surface area contributed by atoms with Crippen LogP contribution in [0.3, 0.4) is 0 Å². The number of carbonyl (C=O) groups excluding carboxylic acids is 1. The first-order valence-corrected chi connectivity index (χ1v) is 10.9. The zero-order valence-electron chi connectivity index (χ0n) is 18.7. The van der Waals surface area contributed by atoms with E-state index in [-0.39, 0.29) is 18.1 Å². The van der Waals surface area contributed by atoms with Gasteiger partial charge in [-0.05, 0) is 71.3 Å². The zero-order valence-corrected chi connectivity index (χ0v) is 18.7. The van der Waals surface area contributed by atoms with Gasteiger partial charge in [0.25, 0.3) is 0 Å². The van der Waals surface area contributed by atoms with Crippen molar-refractivity contribution in [3.8, 4) is 11.3 Å². The Bertz CT molecular complexity index is 1060. The molecule has 6 nitrogen and oxygen atoms in total. The number of aryl methyl sites for hydroxylation is 1. The smallest absolute Gasteiger partial charge is 0.338 e. The van der Waals surface area contributed by atoms with Gasteiger partial charge in [0.2, 0.25) is 0 Å². The Kier molecular flexibility index (Phi) is 5.69. The second kappa shape index (κ2) is 8.26. The molecule has 1 saturated heterocycles. The average Bonchev–Trinajstić information content (AvgIpc) is 3.32. The largest absolute Gasteiger partial charge is 0.459 e. The Morgan fingerprint density at radius 2 is 1.87 bits per heavy atom. The van der Waals surface area contributed by atoms with E-state index in [1.165, 1.54) is 25.0 Å². The van der Waals surface area contributed by atoms with Gasteiger partial charge < -0.3 is 13.7 Å². The molecule has 1 aliphatic rings. The number of hydrogen-bond acceptors (Lipinski definition) is 4. The van der Waals surface area contributed by atoms with Gasteiger partial charge in [0.1, 0.15) is 0 Å². The minimum atomic E-state index is -0.250. The fraction of sp³-hybridized carbons (Fsp3) is 0.500. The molecule has 0 aromatic carbocycles. The Hall–Kier alpha value is -2.60. The lowest BCUT2D eigenvalue weighted by molar-refractivity contribution is 0.0376. The number of pyridine rings is 1. The Labute approximate surface area is 178 Å². The zero-order chi connectivity index (χ0) is 21.4. The van der Waals surface area contributed by atoms with Crippen LogP contribution in [-0.2, 0) is 11.8 Å². The van der Waals surface area contributed by atoms with Crippen LogP contribution in [0.1, 0.15) is 67.7 Å². The van der Waals surface area contributed by atoms with Crippen LogP contribution < -0.4 is 0 Å². The third-order valence-electron chi connectivity index (χ3n) is 6.20. The Balaban J connectivity index is 1.88. The molecule has 0 amide bonds. The van der Waals surface area contributed by atoms with Gasteiger partial charge in [0, 0.05) is 36.1 Å². The fourth-order valence-corrected chi connectivity index (χ4v) is 4.63. The van der Waals surface area contributed by atoms with Crippen LogP contribution >= 0.6 is 0 Å². The summed E-state index contributed by atoms with van der Waals surface area (Å²) in [5, 5.41) is 0. The van der Waals surface area contributed by atoms with Crippen molar-refractivity contribution in [2.24, 2.45) is 7.05 Å². The summed E-state index contributed by atoms with van der Waals surface area (Å²) in [6, 6.07) is 4.31. The van der Waals surface area contributed by atoms with Crippen molar-refractivity contribution in [2.75, 3.05) is 13.1 Å². The average molecular weight is 409 g/mol. The molecule has 4 rings (SSSR count). The maximum absolute atomic E-state index is 12.9. The minimum absolute atomic E-state index is 0.145. The molecule has 1 unspecified atom stereocenters. The minimum Gasteiger partial charge on any atom is -0.459 e. The van der Waals surface area contributed by atoms with E-state index in [2.05, 4.69) is 40.4 Å². The first-order chi connectivity index (χ1) is 14.4. The molecule has 1 atom stereocenters. The van der Waals surface area contributed by atoms with Crippen LogP contribution in [0, 0.1) is 6.92 Å². The van der Waals surface area contributed by atoms with Gasteiger partial charge >= 0.3 is 5.97 Å². The number of nitrogens with zero attached hydrogens (tertiary/aromatic N) is 4. The number of carbonyl (C=O) groups is 1. The Morgan fingerprint density at radius 3 is 2.50 bits per heavy atom. The van der Waals surface area contributed by atoms with Gasteiger partial charge in [0.05, 0.1) is 29.9 Å². The standard InChI is InChI=1S/C24H32N4O2/c1-16(2)30-24(29)21-12-20-11-19(22-13-25-15-26(22)5)14-28(20)23(17(21)3)18(4)27-9-7-6-8-10-27/h11-16,18H,6-10H2,1-5H3. The summed E-state index contributed by atoms with van der Waals surface area (Å²) in [5.74, 6) is -0.250. The van der Waals surface area contributed by atoms with E-state index in [9.17, 15) is 4.79 Å². The van der Waals surface area contributed by atoms with Gasteiger partial charge in [-0.3, -0.25) is 4.90 Å². The molecule has 160 valence electrons.